The summed E-state index contributed by atoms with van der Waals surface area (Å²) >= 11 is 0. The van der Waals surface area contributed by atoms with Crippen molar-refractivity contribution in [1.82, 2.24) is 15.1 Å². The molecule has 1 amide bonds. The maximum Gasteiger partial charge on any atom is 0.274 e. The lowest BCUT2D eigenvalue weighted by Gasteiger charge is -2.32. The second kappa shape index (κ2) is 7.81. The Labute approximate surface area is 148 Å². The minimum atomic E-state index is -0.135. The van der Waals surface area contributed by atoms with Crippen LogP contribution in [-0.2, 0) is 6.42 Å². The van der Waals surface area contributed by atoms with E-state index in [0.29, 0.717) is 17.5 Å². The molecule has 25 heavy (non-hydrogen) atoms. The van der Waals surface area contributed by atoms with Crippen LogP contribution in [0, 0.1) is 11.7 Å². The minimum Gasteiger partial charge on any atom is -0.337 e. The number of halogens is 1. The molecule has 3 rings (SSSR count). The molecule has 0 aliphatic carbocycles. The van der Waals surface area contributed by atoms with Crippen LogP contribution in [0.4, 0.5) is 4.39 Å². The maximum atomic E-state index is 13.8. The third-order valence-electron chi connectivity index (χ3n) is 5.02. The Balaban J connectivity index is 1.58. The molecule has 5 heteroatoms. The number of likely N-dealkylation sites (tertiary alicyclic amines) is 1. The van der Waals surface area contributed by atoms with Crippen molar-refractivity contribution in [2.24, 2.45) is 5.92 Å². The van der Waals surface area contributed by atoms with Crippen LogP contribution in [0.25, 0.3) is 0 Å². The van der Waals surface area contributed by atoms with Gasteiger partial charge in [-0.1, -0.05) is 32.0 Å². The topological polar surface area (TPSA) is 49.0 Å². The van der Waals surface area contributed by atoms with Crippen molar-refractivity contribution < 1.29 is 9.18 Å². The minimum absolute atomic E-state index is 0.00117. The summed E-state index contributed by atoms with van der Waals surface area (Å²) in [6.07, 6.45) is 3.72. The molecule has 4 nitrogen and oxygen atoms in total. The van der Waals surface area contributed by atoms with Crippen LogP contribution >= 0.6 is 0 Å². The lowest BCUT2D eigenvalue weighted by Crippen LogP contribution is -2.40. The summed E-state index contributed by atoms with van der Waals surface area (Å²) in [7, 11) is 0. The van der Waals surface area contributed by atoms with E-state index in [1.807, 2.05) is 23.1 Å². The van der Waals surface area contributed by atoms with E-state index in [1.165, 1.54) is 6.07 Å². The number of piperidine rings is 1. The monoisotopic (exact) mass is 343 g/mol. The number of nitrogens with one attached hydrogen (secondary N) is 1. The number of carbonyl (C=O) groups excluding carboxylic acids is 1. The van der Waals surface area contributed by atoms with Crippen LogP contribution in [0.2, 0.25) is 0 Å². The summed E-state index contributed by atoms with van der Waals surface area (Å²) in [4.78, 5) is 14.6. The standard InChI is InChI=1S/C20H26FN3O/c1-14(2)18-12-19(23-22-18)20(25)24-11-5-6-15(13-24)9-10-16-7-3-4-8-17(16)21/h3-4,7-8,12,14-15H,5-6,9-11,13H2,1-2H3,(H,22,23)/t15-/m1/s1. The zero-order valence-electron chi connectivity index (χ0n) is 15.0. The van der Waals surface area contributed by atoms with E-state index in [4.69, 9.17) is 0 Å². The quantitative estimate of drug-likeness (QED) is 0.886. The molecule has 0 unspecified atom stereocenters. The predicted molar refractivity (Wildman–Crippen MR) is 96.0 cm³/mol. The van der Waals surface area contributed by atoms with Crippen LogP contribution in [0.1, 0.15) is 60.8 Å². The van der Waals surface area contributed by atoms with Crippen molar-refractivity contribution in [3.63, 3.8) is 0 Å². The molecule has 0 saturated carbocycles. The van der Waals surface area contributed by atoms with Crippen molar-refractivity contribution in [2.75, 3.05) is 13.1 Å². The molecule has 0 radical (unpaired) electrons. The number of nitrogens with zero attached hydrogens (tertiary/aromatic N) is 2. The number of aryl methyl sites for hydroxylation is 1. The number of amides is 1. The second-order valence-corrected chi connectivity index (χ2v) is 7.25. The molecule has 1 aliphatic heterocycles. The largest absolute Gasteiger partial charge is 0.337 e. The predicted octanol–water partition coefficient (Wildman–Crippen LogP) is 4.16. The number of aromatic nitrogens is 2. The van der Waals surface area contributed by atoms with Gasteiger partial charge in [-0.3, -0.25) is 9.89 Å². The zero-order valence-corrected chi connectivity index (χ0v) is 15.0. The third kappa shape index (κ3) is 4.27. The molecule has 1 aromatic heterocycles. The van der Waals surface area contributed by atoms with Crippen LogP contribution in [-0.4, -0.2) is 34.1 Å². The highest BCUT2D eigenvalue weighted by Gasteiger charge is 2.26. The molecule has 1 saturated heterocycles. The number of aromatic amines is 1. The van der Waals surface area contributed by atoms with Crippen molar-refractivity contribution >= 4 is 5.91 Å². The van der Waals surface area contributed by atoms with Gasteiger partial charge in [0, 0.05) is 18.8 Å². The molecular weight excluding hydrogens is 317 g/mol. The van der Waals surface area contributed by atoms with Gasteiger partial charge in [0.25, 0.3) is 5.91 Å². The first-order chi connectivity index (χ1) is 12.0. The van der Waals surface area contributed by atoms with E-state index in [9.17, 15) is 9.18 Å². The van der Waals surface area contributed by atoms with E-state index >= 15 is 0 Å². The molecule has 1 fully saturated rings. The van der Waals surface area contributed by atoms with Gasteiger partial charge in [0.15, 0.2) is 0 Å². The summed E-state index contributed by atoms with van der Waals surface area (Å²) in [5.41, 5.74) is 2.25. The number of benzene rings is 1. The van der Waals surface area contributed by atoms with Gasteiger partial charge in [-0.25, -0.2) is 4.39 Å². The highest BCUT2D eigenvalue weighted by Crippen LogP contribution is 2.24. The molecular formula is C20H26FN3O. The first-order valence-electron chi connectivity index (χ1n) is 9.12. The third-order valence-corrected chi connectivity index (χ3v) is 5.02. The summed E-state index contributed by atoms with van der Waals surface area (Å²) in [6, 6.07) is 8.80. The zero-order chi connectivity index (χ0) is 17.8. The molecule has 0 bridgehead atoms. The average Bonchev–Trinajstić information content (AvgIpc) is 3.11. The Hall–Kier alpha value is -2.17. The van der Waals surface area contributed by atoms with Crippen molar-refractivity contribution in [1.29, 1.82) is 0 Å². The number of rotatable bonds is 5. The van der Waals surface area contributed by atoms with Crippen molar-refractivity contribution in [3.8, 4) is 0 Å². The lowest BCUT2D eigenvalue weighted by atomic mass is 9.91. The van der Waals surface area contributed by atoms with E-state index in [-0.39, 0.29) is 11.7 Å². The number of hydrogen-bond acceptors (Lipinski definition) is 2. The number of H-pyrrole nitrogens is 1. The number of hydrogen-bond donors (Lipinski definition) is 1. The fourth-order valence-electron chi connectivity index (χ4n) is 3.45. The van der Waals surface area contributed by atoms with Crippen LogP contribution in [0.3, 0.4) is 0 Å². The summed E-state index contributed by atoms with van der Waals surface area (Å²) in [5, 5.41) is 7.13. The summed E-state index contributed by atoms with van der Waals surface area (Å²) in [6.45, 7) is 5.65. The summed E-state index contributed by atoms with van der Waals surface area (Å²) in [5.74, 6) is 0.604. The fraction of sp³-hybridized carbons (Fsp3) is 0.500. The van der Waals surface area contributed by atoms with Crippen LogP contribution in [0.5, 0.6) is 0 Å². The molecule has 134 valence electrons. The molecule has 2 aromatic rings. The van der Waals surface area contributed by atoms with Gasteiger partial charge >= 0.3 is 0 Å². The van der Waals surface area contributed by atoms with Gasteiger partial charge in [0.1, 0.15) is 11.5 Å². The van der Waals surface area contributed by atoms with Crippen molar-refractivity contribution in [3.05, 3.63) is 53.1 Å². The molecule has 1 aliphatic rings. The lowest BCUT2D eigenvalue weighted by molar-refractivity contribution is 0.0662. The van der Waals surface area contributed by atoms with E-state index in [0.717, 1.165) is 50.0 Å². The first-order valence-corrected chi connectivity index (χ1v) is 9.12. The Bertz CT molecular complexity index is 725. The Morgan fingerprint density at radius 1 is 1.40 bits per heavy atom. The van der Waals surface area contributed by atoms with Crippen molar-refractivity contribution in [2.45, 2.75) is 45.4 Å². The Morgan fingerprint density at radius 3 is 2.92 bits per heavy atom. The maximum absolute atomic E-state index is 13.8. The van der Waals surface area contributed by atoms with E-state index < -0.39 is 0 Å². The van der Waals surface area contributed by atoms with Gasteiger partial charge in [-0.05, 0) is 55.2 Å². The average molecular weight is 343 g/mol. The van der Waals surface area contributed by atoms with Crippen LogP contribution < -0.4 is 0 Å². The second-order valence-electron chi connectivity index (χ2n) is 7.25. The van der Waals surface area contributed by atoms with Gasteiger partial charge in [-0.2, -0.15) is 5.10 Å². The van der Waals surface area contributed by atoms with E-state index in [2.05, 4.69) is 24.0 Å². The van der Waals surface area contributed by atoms with Gasteiger partial charge in [-0.15, -0.1) is 0 Å². The van der Waals surface area contributed by atoms with E-state index in [1.54, 1.807) is 6.07 Å². The molecule has 1 atom stereocenters. The number of carbonyl (C=O) groups is 1. The molecule has 0 spiro atoms. The van der Waals surface area contributed by atoms with Gasteiger partial charge < -0.3 is 4.90 Å². The highest BCUT2D eigenvalue weighted by molar-refractivity contribution is 5.92. The SMILES string of the molecule is CC(C)c1cc(C(=O)N2CCC[C@H](CCc3ccccc3F)C2)n[nH]1. The smallest absolute Gasteiger partial charge is 0.274 e. The first kappa shape index (κ1) is 17.6. The summed E-state index contributed by atoms with van der Waals surface area (Å²) < 4.78 is 13.8. The Kier molecular flexibility index (Phi) is 5.51. The Morgan fingerprint density at radius 2 is 2.20 bits per heavy atom. The van der Waals surface area contributed by atoms with Crippen LogP contribution in [0.15, 0.2) is 30.3 Å². The van der Waals surface area contributed by atoms with Gasteiger partial charge in [0.2, 0.25) is 0 Å². The highest BCUT2D eigenvalue weighted by atomic mass is 19.1. The normalized spacial score (nSPS) is 17.9. The molecule has 1 N–H and O–H groups in total. The fourth-order valence-corrected chi connectivity index (χ4v) is 3.45. The molecule has 2 heterocycles. The van der Waals surface area contributed by atoms with Gasteiger partial charge in [0.05, 0.1) is 0 Å². The molecule has 1 aromatic carbocycles.